The molecular formula is C31H41ClN8O. The van der Waals surface area contributed by atoms with Crippen LogP contribution in [0.2, 0.25) is 5.02 Å². The Labute approximate surface area is 248 Å². The number of carbonyl (C=O) groups is 1. The maximum atomic E-state index is 13.0. The van der Waals surface area contributed by atoms with Gasteiger partial charge in [0.05, 0.1) is 17.4 Å². The molecular weight excluding hydrogens is 536 g/mol. The Hall–Kier alpha value is -3.40. The van der Waals surface area contributed by atoms with Gasteiger partial charge in [0.1, 0.15) is 5.02 Å². The fourth-order valence-electron chi connectivity index (χ4n) is 5.82. The molecule has 41 heavy (non-hydrogen) atoms. The van der Waals surface area contributed by atoms with Crippen LogP contribution in [-0.2, 0) is 6.54 Å². The van der Waals surface area contributed by atoms with Crippen molar-refractivity contribution in [2.75, 3.05) is 62.9 Å². The Bertz CT molecular complexity index is 1340. The molecule has 5 rings (SSSR count). The zero-order valence-corrected chi connectivity index (χ0v) is 25.0. The van der Waals surface area contributed by atoms with Crippen molar-refractivity contribution in [1.29, 1.82) is 0 Å². The van der Waals surface area contributed by atoms with Gasteiger partial charge in [-0.2, -0.15) is 4.98 Å². The normalized spacial score (nSPS) is 16.6. The van der Waals surface area contributed by atoms with Crippen LogP contribution in [0.3, 0.4) is 0 Å². The number of hydrogen-bond acceptors (Lipinski definition) is 8. The number of carbonyl (C=O) groups excluding carboxylic acids is 1. The van der Waals surface area contributed by atoms with Gasteiger partial charge in [0.2, 0.25) is 5.95 Å². The number of para-hydroxylation sites is 1. The average Bonchev–Trinajstić information content (AvgIpc) is 3.00. The number of benzene rings is 2. The van der Waals surface area contributed by atoms with Crippen molar-refractivity contribution >= 4 is 46.3 Å². The van der Waals surface area contributed by atoms with Crippen LogP contribution in [0.4, 0.5) is 28.8 Å². The van der Waals surface area contributed by atoms with Gasteiger partial charge in [-0.1, -0.05) is 36.2 Å². The minimum Gasteiger partial charge on any atom is -0.371 e. The zero-order chi connectivity index (χ0) is 28.8. The predicted molar refractivity (Wildman–Crippen MR) is 168 cm³/mol. The number of likely N-dealkylation sites (tertiary alicyclic amines) is 1. The van der Waals surface area contributed by atoms with Crippen molar-refractivity contribution < 1.29 is 4.79 Å². The number of hydrogen-bond donors (Lipinski definition) is 3. The lowest BCUT2D eigenvalue weighted by molar-refractivity contribution is 0.0964. The van der Waals surface area contributed by atoms with E-state index in [9.17, 15) is 4.79 Å². The summed E-state index contributed by atoms with van der Waals surface area (Å²) in [5.74, 6) is 0.676. The summed E-state index contributed by atoms with van der Waals surface area (Å²) >= 11 is 6.48. The summed E-state index contributed by atoms with van der Waals surface area (Å²) in [6.07, 6.45) is 7.88. The summed E-state index contributed by atoms with van der Waals surface area (Å²) in [7, 11) is 5.71. The lowest BCUT2D eigenvalue weighted by Crippen LogP contribution is -2.46. The van der Waals surface area contributed by atoms with Crippen molar-refractivity contribution in [1.82, 2.24) is 25.1 Å². The van der Waals surface area contributed by atoms with Crippen molar-refractivity contribution in [2.45, 2.75) is 44.7 Å². The molecule has 0 saturated carbocycles. The fourth-order valence-corrected chi connectivity index (χ4v) is 5.96. The van der Waals surface area contributed by atoms with E-state index in [4.69, 9.17) is 11.6 Å². The number of anilines is 5. The van der Waals surface area contributed by atoms with Gasteiger partial charge in [0.15, 0.2) is 5.82 Å². The number of piperidine rings is 2. The topological polar surface area (TPSA) is 88.7 Å². The molecule has 3 aromatic rings. The van der Waals surface area contributed by atoms with Gasteiger partial charge in [0, 0.05) is 44.1 Å². The average molecular weight is 577 g/mol. The van der Waals surface area contributed by atoms with E-state index in [1.54, 1.807) is 13.2 Å². The van der Waals surface area contributed by atoms with Crippen molar-refractivity contribution in [3.05, 3.63) is 64.8 Å². The summed E-state index contributed by atoms with van der Waals surface area (Å²) in [5.41, 5.74) is 4.29. The van der Waals surface area contributed by atoms with Crippen LogP contribution in [0, 0.1) is 0 Å². The molecule has 10 heteroatoms. The van der Waals surface area contributed by atoms with Gasteiger partial charge in [-0.15, -0.1) is 0 Å². The van der Waals surface area contributed by atoms with E-state index >= 15 is 0 Å². The lowest BCUT2D eigenvalue weighted by atomic mass is 9.99. The van der Waals surface area contributed by atoms with Crippen molar-refractivity contribution in [2.24, 2.45) is 0 Å². The van der Waals surface area contributed by atoms with Crippen LogP contribution in [0.1, 0.15) is 48.0 Å². The molecule has 9 nitrogen and oxygen atoms in total. The highest BCUT2D eigenvalue weighted by molar-refractivity contribution is 6.32. The molecule has 2 saturated heterocycles. The molecule has 1 aromatic heterocycles. The maximum absolute atomic E-state index is 13.0. The minimum atomic E-state index is -0.164. The number of nitrogens with zero attached hydrogens (tertiary/aromatic N) is 5. The largest absolute Gasteiger partial charge is 0.371 e. The van der Waals surface area contributed by atoms with Crippen LogP contribution in [0.15, 0.2) is 48.7 Å². The third-order valence-electron chi connectivity index (χ3n) is 7.96. The molecule has 2 aromatic carbocycles. The van der Waals surface area contributed by atoms with Gasteiger partial charge in [-0.25, -0.2) is 4.98 Å². The Morgan fingerprint density at radius 3 is 2.49 bits per heavy atom. The van der Waals surface area contributed by atoms with E-state index in [0.29, 0.717) is 34.1 Å². The minimum absolute atomic E-state index is 0.164. The Morgan fingerprint density at radius 1 is 1.00 bits per heavy atom. The second-order valence-corrected chi connectivity index (χ2v) is 11.6. The van der Waals surface area contributed by atoms with E-state index in [0.717, 1.165) is 49.4 Å². The molecule has 0 spiro atoms. The molecule has 2 fully saturated rings. The zero-order valence-electron chi connectivity index (χ0n) is 24.3. The third-order valence-corrected chi connectivity index (χ3v) is 8.24. The van der Waals surface area contributed by atoms with Crippen LogP contribution in [0.5, 0.6) is 0 Å². The number of amides is 1. The van der Waals surface area contributed by atoms with E-state index < -0.39 is 0 Å². The van der Waals surface area contributed by atoms with Crippen molar-refractivity contribution in [3.8, 4) is 0 Å². The summed E-state index contributed by atoms with van der Waals surface area (Å²) in [6.45, 7) is 5.23. The van der Waals surface area contributed by atoms with Crippen LogP contribution < -0.4 is 20.9 Å². The van der Waals surface area contributed by atoms with Gasteiger partial charge >= 0.3 is 0 Å². The number of rotatable bonds is 9. The predicted octanol–water partition coefficient (Wildman–Crippen LogP) is 5.49. The first-order chi connectivity index (χ1) is 19.9. The molecule has 2 aliphatic rings. The summed E-state index contributed by atoms with van der Waals surface area (Å²) in [4.78, 5) is 29.2. The molecule has 3 heterocycles. The monoisotopic (exact) mass is 576 g/mol. The molecule has 0 unspecified atom stereocenters. The number of aromatic nitrogens is 2. The first-order valence-corrected chi connectivity index (χ1v) is 14.9. The third kappa shape index (κ3) is 7.28. The second-order valence-electron chi connectivity index (χ2n) is 11.2. The summed E-state index contributed by atoms with van der Waals surface area (Å²) < 4.78 is 0. The van der Waals surface area contributed by atoms with Crippen LogP contribution in [-0.4, -0.2) is 79.0 Å². The fraction of sp³-hybridized carbons (Fsp3) is 0.452. The second kappa shape index (κ2) is 13.5. The quantitative estimate of drug-likeness (QED) is 0.308. The first kappa shape index (κ1) is 29.1. The SMILES string of the molecule is CNC(=O)c1cc(N2CCC(N3CCCCC3)CC2)ccc1Nc1ncc(Cl)c(Nc2ccccc2CN(C)C)n1. The van der Waals surface area contributed by atoms with Gasteiger partial charge < -0.3 is 30.7 Å². The highest BCUT2D eigenvalue weighted by Crippen LogP contribution is 2.31. The summed E-state index contributed by atoms with van der Waals surface area (Å²) in [5, 5.41) is 9.80. The Morgan fingerprint density at radius 2 is 1.76 bits per heavy atom. The summed E-state index contributed by atoms with van der Waals surface area (Å²) in [6, 6.07) is 14.7. The molecule has 3 N–H and O–H groups in total. The highest BCUT2D eigenvalue weighted by Gasteiger charge is 2.26. The lowest BCUT2D eigenvalue weighted by Gasteiger charge is -2.41. The van der Waals surface area contributed by atoms with Crippen LogP contribution in [0.25, 0.3) is 0 Å². The van der Waals surface area contributed by atoms with E-state index in [2.05, 4.69) is 52.8 Å². The molecule has 0 atom stereocenters. The Kier molecular flexibility index (Phi) is 9.59. The maximum Gasteiger partial charge on any atom is 0.253 e. The molecule has 1 amide bonds. The van der Waals surface area contributed by atoms with E-state index in [-0.39, 0.29) is 5.91 Å². The smallest absolute Gasteiger partial charge is 0.253 e. The Balaban J connectivity index is 1.32. The van der Waals surface area contributed by atoms with Gasteiger partial charge in [0.25, 0.3) is 5.91 Å². The highest BCUT2D eigenvalue weighted by atomic mass is 35.5. The molecule has 218 valence electrons. The van der Waals surface area contributed by atoms with Gasteiger partial charge in [-0.05, 0) is 82.7 Å². The molecule has 0 radical (unpaired) electrons. The van der Waals surface area contributed by atoms with E-state index in [1.165, 1.54) is 32.4 Å². The van der Waals surface area contributed by atoms with Gasteiger partial charge in [-0.3, -0.25) is 4.79 Å². The van der Waals surface area contributed by atoms with Crippen LogP contribution >= 0.6 is 11.6 Å². The number of halogens is 1. The van der Waals surface area contributed by atoms with Crippen molar-refractivity contribution in [3.63, 3.8) is 0 Å². The molecule has 0 bridgehead atoms. The molecule has 2 aliphatic heterocycles. The number of nitrogens with one attached hydrogen (secondary N) is 3. The van der Waals surface area contributed by atoms with E-state index in [1.807, 2.05) is 44.4 Å². The standard InChI is InChI=1S/C31H41ClN8O/c1-33-30(41)25-19-24(40-17-13-23(14-18-40)39-15-7-4-8-16-39)11-12-28(25)36-31-34-20-26(32)29(37-31)35-27-10-6-5-9-22(27)21-38(2)3/h5-6,9-12,19-20,23H,4,7-8,13-18,21H2,1-3H3,(H,33,41)(H2,34,35,36,37). The molecule has 0 aliphatic carbocycles. The first-order valence-electron chi connectivity index (χ1n) is 14.6.